The van der Waals surface area contributed by atoms with Crippen molar-refractivity contribution in [2.45, 2.75) is 18.7 Å². The summed E-state index contributed by atoms with van der Waals surface area (Å²) >= 11 is 1.54. The van der Waals surface area contributed by atoms with Crippen molar-refractivity contribution >= 4 is 27.5 Å². The van der Waals surface area contributed by atoms with Gasteiger partial charge >= 0.3 is 0 Å². The Labute approximate surface area is 111 Å². The number of halogens is 1. The molecule has 18 heavy (non-hydrogen) atoms. The predicted molar refractivity (Wildman–Crippen MR) is 73.9 cm³/mol. The van der Waals surface area contributed by atoms with Gasteiger partial charge in [0, 0.05) is 12.3 Å². The van der Waals surface area contributed by atoms with E-state index in [0.717, 1.165) is 6.07 Å². The van der Waals surface area contributed by atoms with E-state index in [1.165, 1.54) is 18.7 Å². The Hall–Kier alpha value is -0.790. The van der Waals surface area contributed by atoms with Crippen molar-refractivity contribution in [1.29, 1.82) is 0 Å². The second-order valence-corrected chi connectivity index (χ2v) is 6.62. The standard InChI is InChI=1S/C11H17FN2O2S2/c1-7-6-9(12)10(13)8(2)11(7)18(15,16)14-4-5-17-3/h6,14H,4-5,13H2,1-3H3. The van der Waals surface area contributed by atoms with Crippen LogP contribution < -0.4 is 10.5 Å². The molecule has 0 aliphatic heterocycles. The lowest BCUT2D eigenvalue weighted by Crippen LogP contribution is -2.27. The Bertz CT molecular complexity index is 544. The fraction of sp³-hybridized carbons (Fsp3) is 0.455. The van der Waals surface area contributed by atoms with E-state index >= 15 is 0 Å². The third-order valence-corrected chi connectivity index (χ3v) is 4.93. The van der Waals surface area contributed by atoms with Gasteiger partial charge in [-0.05, 0) is 37.3 Å². The Balaban J connectivity index is 3.21. The summed E-state index contributed by atoms with van der Waals surface area (Å²) in [6.07, 6.45) is 1.89. The van der Waals surface area contributed by atoms with Crippen LogP contribution in [0.3, 0.4) is 0 Å². The molecule has 0 saturated carbocycles. The van der Waals surface area contributed by atoms with Crippen LogP contribution >= 0.6 is 11.8 Å². The maximum atomic E-state index is 13.4. The molecule has 0 saturated heterocycles. The number of aryl methyl sites for hydroxylation is 1. The van der Waals surface area contributed by atoms with Gasteiger partial charge in [0.15, 0.2) is 0 Å². The van der Waals surface area contributed by atoms with E-state index in [1.54, 1.807) is 6.92 Å². The molecule has 0 aliphatic carbocycles. The van der Waals surface area contributed by atoms with E-state index in [9.17, 15) is 12.8 Å². The molecule has 4 nitrogen and oxygen atoms in total. The molecule has 0 radical (unpaired) electrons. The van der Waals surface area contributed by atoms with Gasteiger partial charge in [-0.1, -0.05) is 0 Å². The first-order chi connectivity index (χ1) is 8.31. The number of sulfonamides is 1. The highest BCUT2D eigenvalue weighted by atomic mass is 32.2. The Morgan fingerprint density at radius 2 is 2.06 bits per heavy atom. The molecule has 0 unspecified atom stereocenters. The Kier molecular flexibility index (Phi) is 5.01. The van der Waals surface area contributed by atoms with E-state index in [-0.39, 0.29) is 16.1 Å². The minimum Gasteiger partial charge on any atom is -0.396 e. The van der Waals surface area contributed by atoms with E-state index in [2.05, 4.69) is 4.72 Å². The lowest BCUT2D eigenvalue weighted by molar-refractivity contribution is 0.581. The summed E-state index contributed by atoms with van der Waals surface area (Å²) in [5.74, 6) is 0.0848. The zero-order chi connectivity index (χ0) is 13.9. The molecule has 3 N–H and O–H groups in total. The second-order valence-electron chi connectivity index (χ2n) is 3.93. The van der Waals surface area contributed by atoms with Crippen LogP contribution in [0.2, 0.25) is 0 Å². The summed E-state index contributed by atoms with van der Waals surface area (Å²) in [5, 5.41) is 0. The average Bonchev–Trinajstić information content (AvgIpc) is 2.25. The second kappa shape index (κ2) is 5.90. The highest BCUT2D eigenvalue weighted by Gasteiger charge is 2.22. The molecule has 0 atom stereocenters. The van der Waals surface area contributed by atoms with Crippen molar-refractivity contribution in [3.63, 3.8) is 0 Å². The molecule has 1 aromatic rings. The third-order valence-electron chi connectivity index (χ3n) is 2.57. The van der Waals surface area contributed by atoms with Gasteiger partial charge in [0.05, 0.1) is 10.6 Å². The number of nitrogen functional groups attached to an aromatic ring is 1. The highest BCUT2D eigenvalue weighted by Crippen LogP contribution is 2.27. The van der Waals surface area contributed by atoms with Crippen molar-refractivity contribution in [2.75, 3.05) is 24.3 Å². The number of rotatable bonds is 5. The molecule has 0 spiro atoms. The quantitative estimate of drug-likeness (QED) is 0.639. The number of benzene rings is 1. The smallest absolute Gasteiger partial charge is 0.241 e. The van der Waals surface area contributed by atoms with Gasteiger partial charge in [0.1, 0.15) is 5.82 Å². The molecular formula is C11H17FN2O2S2. The number of hydrogen-bond donors (Lipinski definition) is 2. The van der Waals surface area contributed by atoms with Gasteiger partial charge in [-0.3, -0.25) is 0 Å². The largest absolute Gasteiger partial charge is 0.396 e. The van der Waals surface area contributed by atoms with Crippen molar-refractivity contribution < 1.29 is 12.8 Å². The topological polar surface area (TPSA) is 72.2 Å². The van der Waals surface area contributed by atoms with E-state index in [1.807, 2.05) is 6.26 Å². The SMILES string of the molecule is CSCCNS(=O)(=O)c1c(C)cc(F)c(N)c1C. The highest BCUT2D eigenvalue weighted by molar-refractivity contribution is 7.98. The van der Waals surface area contributed by atoms with Crippen LogP contribution in [0.4, 0.5) is 10.1 Å². The van der Waals surface area contributed by atoms with E-state index in [4.69, 9.17) is 5.73 Å². The van der Waals surface area contributed by atoms with Gasteiger partial charge < -0.3 is 5.73 Å². The molecule has 1 rings (SSSR count). The van der Waals surface area contributed by atoms with Gasteiger partial charge in [-0.15, -0.1) is 0 Å². The molecule has 102 valence electrons. The number of hydrogen-bond acceptors (Lipinski definition) is 4. The van der Waals surface area contributed by atoms with Crippen LogP contribution in [0.25, 0.3) is 0 Å². The number of thioether (sulfide) groups is 1. The fourth-order valence-electron chi connectivity index (χ4n) is 1.69. The minimum atomic E-state index is -3.64. The van der Waals surface area contributed by atoms with Crippen molar-refractivity contribution in [2.24, 2.45) is 0 Å². The minimum absolute atomic E-state index is 0.0718. The predicted octanol–water partition coefficient (Wildman–Crippen LogP) is 1.67. The molecule has 0 aromatic heterocycles. The van der Waals surface area contributed by atoms with Crippen molar-refractivity contribution in [3.8, 4) is 0 Å². The van der Waals surface area contributed by atoms with Gasteiger partial charge in [-0.25, -0.2) is 17.5 Å². The monoisotopic (exact) mass is 292 g/mol. The van der Waals surface area contributed by atoms with Gasteiger partial charge in [-0.2, -0.15) is 11.8 Å². The van der Waals surface area contributed by atoms with Crippen LogP contribution in [0, 0.1) is 19.7 Å². The van der Waals surface area contributed by atoms with Crippen LogP contribution in [-0.2, 0) is 10.0 Å². The zero-order valence-electron chi connectivity index (χ0n) is 10.6. The first-order valence-corrected chi connectivity index (χ1v) is 8.22. The summed E-state index contributed by atoms with van der Waals surface area (Å²) in [5.41, 5.74) is 6.02. The molecule has 0 amide bonds. The molecule has 0 aliphatic rings. The van der Waals surface area contributed by atoms with Gasteiger partial charge in [0.2, 0.25) is 10.0 Å². The van der Waals surface area contributed by atoms with E-state index in [0.29, 0.717) is 17.9 Å². The fourth-order valence-corrected chi connectivity index (χ4v) is 3.64. The molecule has 0 bridgehead atoms. The summed E-state index contributed by atoms with van der Waals surface area (Å²) in [4.78, 5) is 0.0718. The van der Waals surface area contributed by atoms with Gasteiger partial charge in [0.25, 0.3) is 0 Å². The maximum absolute atomic E-state index is 13.4. The molecule has 1 aromatic carbocycles. The lowest BCUT2D eigenvalue weighted by atomic mass is 10.1. The van der Waals surface area contributed by atoms with Crippen LogP contribution in [0.5, 0.6) is 0 Å². The first kappa shape index (κ1) is 15.3. The van der Waals surface area contributed by atoms with E-state index < -0.39 is 15.8 Å². The number of nitrogens with one attached hydrogen (secondary N) is 1. The molecule has 0 heterocycles. The van der Waals surface area contributed by atoms with Crippen LogP contribution in [-0.4, -0.2) is 27.0 Å². The number of nitrogens with two attached hydrogens (primary N) is 1. The summed E-state index contributed by atoms with van der Waals surface area (Å²) in [6, 6.07) is 1.14. The molecule has 7 heteroatoms. The summed E-state index contributed by atoms with van der Waals surface area (Å²) in [6.45, 7) is 3.40. The normalized spacial score (nSPS) is 11.8. The number of anilines is 1. The van der Waals surface area contributed by atoms with Crippen LogP contribution in [0.15, 0.2) is 11.0 Å². The Morgan fingerprint density at radius 3 is 2.61 bits per heavy atom. The van der Waals surface area contributed by atoms with Crippen molar-refractivity contribution in [3.05, 3.63) is 23.0 Å². The zero-order valence-corrected chi connectivity index (χ0v) is 12.2. The lowest BCUT2D eigenvalue weighted by Gasteiger charge is -2.14. The Morgan fingerprint density at radius 1 is 1.44 bits per heavy atom. The molecule has 0 fully saturated rings. The van der Waals surface area contributed by atoms with Crippen LogP contribution in [0.1, 0.15) is 11.1 Å². The summed E-state index contributed by atoms with van der Waals surface area (Å²) in [7, 11) is -3.64. The average molecular weight is 292 g/mol. The maximum Gasteiger partial charge on any atom is 0.241 e. The third kappa shape index (κ3) is 3.15. The summed E-state index contributed by atoms with van der Waals surface area (Å²) < 4.78 is 40.1. The molecular weight excluding hydrogens is 275 g/mol. The first-order valence-electron chi connectivity index (χ1n) is 5.35. The van der Waals surface area contributed by atoms with Crippen molar-refractivity contribution in [1.82, 2.24) is 4.72 Å².